The van der Waals surface area contributed by atoms with Gasteiger partial charge in [0.15, 0.2) is 0 Å². The maximum absolute atomic E-state index is 11.2. The molecule has 0 fully saturated rings. The highest BCUT2D eigenvalue weighted by Crippen LogP contribution is 2.43. The van der Waals surface area contributed by atoms with Crippen molar-refractivity contribution in [1.29, 1.82) is 0 Å². The maximum atomic E-state index is 11.2. The Balaban J connectivity index is 0.000000211. The molecule has 0 bridgehead atoms. The van der Waals surface area contributed by atoms with Gasteiger partial charge in [-0.25, -0.2) is 19.2 Å². The number of carbonyl (C=O) groups excluding carboxylic acids is 4. The summed E-state index contributed by atoms with van der Waals surface area (Å²) in [7, 11) is 0. The van der Waals surface area contributed by atoms with E-state index in [9.17, 15) is 19.2 Å². The molecule has 0 spiro atoms. The third-order valence-electron chi connectivity index (χ3n) is 2.42. The second kappa shape index (κ2) is 6.26. The topological polar surface area (TPSA) is 86.7 Å². The molecular weight excluding hydrogens is 382 g/mol. The van der Waals surface area contributed by atoms with E-state index in [0.717, 1.165) is 12.2 Å². The van der Waals surface area contributed by atoms with Gasteiger partial charge in [-0.3, -0.25) is 0 Å². The van der Waals surface area contributed by atoms with Crippen molar-refractivity contribution in [3.63, 3.8) is 0 Å². The highest BCUT2D eigenvalue weighted by molar-refractivity contribution is 6.54. The number of fused-ring (bicyclic) bond motifs is 1. The van der Waals surface area contributed by atoms with Gasteiger partial charge in [-0.2, -0.15) is 0 Å². The van der Waals surface area contributed by atoms with Crippen molar-refractivity contribution in [3.05, 3.63) is 43.4 Å². The second-order valence-electron chi connectivity index (χ2n) is 3.76. The van der Waals surface area contributed by atoms with E-state index in [1.807, 2.05) is 0 Å². The van der Waals surface area contributed by atoms with Gasteiger partial charge < -0.3 is 9.47 Å². The van der Waals surface area contributed by atoms with Crippen LogP contribution in [0.3, 0.4) is 0 Å². The van der Waals surface area contributed by atoms with Crippen LogP contribution in [0.25, 0.3) is 0 Å². The van der Waals surface area contributed by atoms with Gasteiger partial charge in [-0.1, -0.05) is 46.4 Å². The van der Waals surface area contributed by atoms with Crippen LogP contribution in [0.15, 0.2) is 12.2 Å². The maximum Gasteiger partial charge on any atom is 0.348 e. The molecule has 10 heteroatoms. The van der Waals surface area contributed by atoms with E-state index in [-0.39, 0.29) is 31.2 Å². The summed E-state index contributed by atoms with van der Waals surface area (Å²) in [6, 6.07) is 0. The molecule has 1 aromatic rings. The van der Waals surface area contributed by atoms with Crippen LogP contribution < -0.4 is 0 Å². The van der Waals surface area contributed by atoms with Crippen LogP contribution in [0.2, 0.25) is 20.1 Å². The van der Waals surface area contributed by atoms with Crippen LogP contribution in [0, 0.1) is 0 Å². The monoisotopic (exact) mass is 382 g/mol. The number of cyclic esters (lactones) is 4. The van der Waals surface area contributed by atoms with E-state index in [1.54, 1.807) is 0 Å². The van der Waals surface area contributed by atoms with Gasteiger partial charge in [0, 0.05) is 12.2 Å². The van der Waals surface area contributed by atoms with Crippen molar-refractivity contribution in [2.24, 2.45) is 0 Å². The summed E-state index contributed by atoms with van der Waals surface area (Å²) in [6.45, 7) is 0. The molecule has 6 nitrogen and oxygen atoms in total. The molecule has 0 saturated heterocycles. The summed E-state index contributed by atoms with van der Waals surface area (Å²) in [6.07, 6.45) is 2.17. The first-order chi connectivity index (χ1) is 10.2. The standard InChI is InChI=1S/C8Cl4O3.C4H2O3/c9-3-1-2(8(14)15-7(1)13)4(10)6(12)5(3)11;5-3-1-2-4(6)7-3/h;1-2H. The molecule has 2 aliphatic rings. The zero-order valence-electron chi connectivity index (χ0n) is 10.1. The Bertz CT molecular complexity index is 707. The van der Waals surface area contributed by atoms with Gasteiger partial charge in [-0.15, -0.1) is 0 Å². The molecule has 114 valence electrons. The first-order valence-electron chi connectivity index (χ1n) is 5.30. The Morgan fingerprint density at radius 3 is 1.23 bits per heavy atom. The molecule has 0 radical (unpaired) electrons. The number of carbonyl (C=O) groups is 4. The van der Waals surface area contributed by atoms with Crippen molar-refractivity contribution in [2.45, 2.75) is 0 Å². The van der Waals surface area contributed by atoms with Gasteiger partial charge in [-0.05, 0) is 0 Å². The van der Waals surface area contributed by atoms with E-state index in [0.29, 0.717) is 0 Å². The zero-order chi connectivity index (χ0) is 16.6. The van der Waals surface area contributed by atoms with Gasteiger partial charge in [0.1, 0.15) is 0 Å². The summed E-state index contributed by atoms with van der Waals surface area (Å²) in [5.41, 5.74) is -0.276. The largest absolute Gasteiger partial charge is 0.387 e. The van der Waals surface area contributed by atoms with Crippen molar-refractivity contribution in [1.82, 2.24) is 0 Å². The van der Waals surface area contributed by atoms with E-state index in [1.165, 1.54) is 0 Å². The number of hydrogen-bond acceptors (Lipinski definition) is 6. The normalized spacial score (nSPS) is 15.3. The smallest absolute Gasteiger partial charge is 0.348 e. The molecule has 0 atom stereocenters. The Morgan fingerprint density at radius 2 is 0.955 bits per heavy atom. The minimum atomic E-state index is -0.875. The highest BCUT2D eigenvalue weighted by Gasteiger charge is 2.37. The fraction of sp³-hybridized carbons (Fsp3) is 0. The lowest BCUT2D eigenvalue weighted by molar-refractivity contribution is -0.150. The van der Waals surface area contributed by atoms with E-state index in [4.69, 9.17) is 46.4 Å². The minimum Gasteiger partial charge on any atom is -0.387 e. The zero-order valence-corrected chi connectivity index (χ0v) is 13.1. The second-order valence-corrected chi connectivity index (χ2v) is 5.27. The Kier molecular flexibility index (Phi) is 4.77. The SMILES string of the molecule is O=C1C=CC(=O)O1.O=C1OC(=O)c2c(Cl)c(Cl)c(Cl)c(Cl)c21. The molecule has 0 aromatic heterocycles. The van der Waals surface area contributed by atoms with Crippen LogP contribution in [-0.2, 0) is 19.1 Å². The van der Waals surface area contributed by atoms with Crippen LogP contribution in [-0.4, -0.2) is 23.9 Å². The van der Waals surface area contributed by atoms with E-state index < -0.39 is 23.9 Å². The van der Waals surface area contributed by atoms with Crippen LogP contribution in [0.1, 0.15) is 20.7 Å². The predicted octanol–water partition coefficient (Wildman–Crippen LogP) is 3.24. The van der Waals surface area contributed by atoms with Gasteiger partial charge in [0.2, 0.25) is 0 Å². The molecule has 0 N–H and O–H groups in total. The highest BCUT2D eigenvalue weighted by atomic mass is 35.5. The third-order valence-corrected chi connectivity index (χ3v) is 4.22. The number of ether oxygens (including phenoxy) is 2. The summed E-state index contributed by atoms with van der Waals surface area (Å²) >= 11 is 22.9. The minimum absolute atomic E-state index is 0.0752. The fourth-order valence-corrected chi connectivity index (χ4v) is 2.51. The summed E-state index contributed by atoms with van der Waals surface area (Å²) in [5, 5.41) is -0.406. The third kappa shape index (κ3) is 2.96. The molecule has 0 saturated carbocycles. The molecule has 1 aromatic carbocycles. The van der Waals surface area contributed by atoms with Crippen molar-refractivity contribution >= 4 is 70.3 Å². The predicted molar refractivity (Wildman–Crippen MR) is 76.5 cm³/mol. The molecule has 3 rings (SSSR count). The summed E-state index contributed by atoms with van der Waals surface area (Å²) in [4.78, 5) is 42.3. The van der Waals surface area contributed by atoms with Gasteiger partial charge in [0.25, 0.3) is 0 Å². The molecular formula is C12H2Cl4O6. The lowest BCUT2D eigenvalue weighted by Gasteiger charge is -2.04. The van der Waals surface area contributed by atoms with Crippen LogP contribution in [0.5, 0.6) is 0 Å². The molecule has 0 aliphatic carbocycles. The quantitative estimate of drug-likeness (QED) is 0.296. The van der Waals surface area contributed by atoms with E-state index in [2.05, 4.69) is 9.47 Å². The first kappa shape index (κ1) is 16.8. The number of halogens is 4. The Morgan fingerprint density at radius 1 is 0.591 bits per heavy atom. The molecule has 0 amide bonds. The Labute approximate surface area is 142 Å². The summed E-state index contributed by atoms with van der Waals surface area (Å²) in [5.74, 6) is -2.91. The fourth-order valence-electron chi connectivity index (χ4n) is 1.50. The number of rotatable bonds is 0. The lowest BCUT2D eigenvalue weighted by atomic mass is 10.1. The number of esters is 4. The molecule has 2 heterocycles. The number of hydrogen-bond donors (Lipinski definition) is 0. The average molecular weight is 384 g/mol. The van der Waals surface area contributed by atoms with Gasteiger partial charge >= 0.3 is 23.9 Å². The van der Waals surface area contributed by atoms with Crippen molar-refractivity contribution in [2.75, 3.05) is 0 Å². The average Bonchev–Trinajstić information content (AvgIpc) is 2.97. The summed E-state index contributed by atoms with van der Waals surface area (Å²) < 4.78 is 8.31. The molecule has 2 aliphatic heterocycles. The molecule has 22 heavy (non-hydrogen) atoms. The molecule has 0 unspecified atom stereocenters. The number of benzene rings is 1. The van der Waals surface area contributed by atoms with Crippen LogP contribution >= 0.6 is 46.4 Å². The van der Waals surface area contributed by atoms with Gasteiger partial charge in [0.05, 0.1) is 31.2 Å². The van der Waals surface area contributed by atoms with Crippen molar-refractivity contribution < 1.29 is 28.7 Å². The van der Waals surface area contributed by atoms with E-state index >= 15 is 0 Å². The lowest BCUT2D eigenvalue weighted by Crippen LogP contribution is -1.97. The Hall–Kier alpha value is -1.60. The first-order valence-corrected chi connectivity index (χ1v) is 6.81. The van der Waals surface area contributed by atoms with Crippen molar-refractivity contribution in [3.8, 4) is 0 Å². The van der Waals surface area contributed by atoms with Crippen LogP contribution in [0.4, 0.5) is 0 Å².